The molecule has 1 aromatic rings. The topological polar surface area (TPSA) is 64.6 Å². The molecular weight excluding hydrogens is 366 g/mol. The van der Waals surface area contributed by atoms with Crippen molar-refractivity contribution in [3.63, 3.8) is 0 Å². The SMILES string of the molecule is COc1cccc(C2C(C(=O)OC3CCCCC3)=C(C)NC3=CCCC(=O)C32)c1. The Balaban J connectivity index is 1.74. The lowest BCUT2D eigenvalue weighted by atomic mass is 9.71. The highest BCUT2D eigenvalue weighted by atomic mass is 16.5. The minimum atomic E-state index is -0.381. The molecule has 1 aromatic carbocycles. The fourth-order valence-electron chi connectivity index (χ4n) is 4.88. The number of Topliss-reactive ketones (excluding diaryl/α,β-unsaturated/α-hetero) is 1. The van der Waals surface area contributed by atoms with Crippen LogP contribution in [0.2, 0.25) is 0 Å². The molecule has 5 nitrogen and oxygen atoms in total. The first-order valence-corrected chi connectivity index (χ1v) is 10.6. The van der Waals surface area contributed by atoms with E-state index in [0.29, 0.717) is 17.7 Å². The fourth-order valence-corrected chi connectivity index (χ4v) is 4.88. The molecule has 2 aliphatic carbocycles. The Hall–Kier alpha value is -2.56. The maximum atomic E-state index is 13.3. The third-order valence-corrected chi connectivity index (χ3v) is 6.32. The Bertz CT molecular complexity index is 863. The summed E-state index contributed by atoms with van der Waals surface area (Å²) in [5, 5.41) is 3.33. The monoisotopic (exact) mass is 395 g/mol. The minimum Gasteiger partial charge on any atom is -0.497 e. The molecule has 1 heterocycles. The molecular formula is C24H29NO4. The van der Waals surface area contributed by atoms with Crippen LogP contribution in [0.15, 0.2) is 47.3 Å². The molecule has 2 atom stereocenters. The summed E-state index contributed by atoms with van der Waals surface area (Å²) < 4.78 is 11.3. The second kappa shape index (κ2) is 8.44. The van der Waals surface area contributed by atoms with Crippen LogP contribution in [0.5, 0.6) is 5.75 Å². The number of methoxy groups -OCH3 is 1. The molecule has 0 amide bonds. The first-order valence-electron chi connectivity index (χ1n) is 10.6. The molecule has 0 radical (unpaired) electrons. The van der Waals surface area contributed by atoms with Gasteiger partial charge in [0.25, 0.3) is 0 Å². The number of benzene rings is 1. The molecule has 0 spiro atoms. The molecule has 1 N–H and O–H groups in total. The molecule has 0 aromatic heterocycles. The normalized spacial score (nSPS) is 25.0. The third-order valence-electron chi connectivity index (χ3n) is 6.32. The number of hydrogen-bond donors (Lipinski definition) is 1. The van der Waals surface area contributed by atoms with Crippen molar-refractivity contribution in [2.24, 2.45) is 5.92 Å². The molecule has 0 saturated heterocycles. The molecule has 3 aliphatic rings. The van der Waals surface area contributed by atoms with E-state index in [1.54, 1.807) is 7.11 Å². The van der Waals surface area contributed by atoms with E-state index in [-0.39, 0.29) is 29.7 Å². The zero-order chi connectivity index (χ0) is 20.4. The van der Waals surface area contributed by atoms with E-state index in [9.17, 15) is 9.59 Å². The van der Waals surface area contributed by atoms with Crippen LogP contribution in [0, 0.1) is 5.92 Å². The molecule has 29 heavy (non-hydrogen) atoms. The zero-order valence-electron chi connectivity index (χ0n) is 17.2. The van der Waals surface area contributed by atoms with Crippen molar-refractivity contribution >= 4 is 11.8 Å². The summed E-state index contributed by atoms with van der Waals surface area (Å²) in [6.45, 7) is 1.90. The van der Waals surface area contributed by atoms with Crippen LogP contribution in [0.25, 0.3) is 0 Å². The van der Waals surface area contributed by atoms with E-state index in [4.69, 9.17) is 9.47 Å². The number of allylic oxidation sites excluding steroid dienone is 3. The Labute approximate surface area is 172 Å². The van der Waals surface area contributed by atoms with Crippen molar-refractivity contribution in [1.29, 1.82) is 0 Å². The number of carbonyl (C=O) groups is 2. The van der Waals surface area contributed by atoms with Crippen LogP contribution < -0.4 is 10.1 Å². The summed E-state index contributed by atoms with van der Waals surface area (Å²) in [6, 6.07) is 7.68. The predicted molar refractivity (Wildman–Crippen MR) is 110 cm³/mol. The number of hydrogen-bond acceptors (Lipinski definition) is 5. The second-order valence-electron chi connectivity index (χ2n) is 8.23. The summed E-state index contributed by atoms with van der Waals surface area (Å²) >= 11 is 0. The van der Waals surface area contributed by atoms with Crippen molar-refractivity contribution in [3.8, 4) is 5.75 Å². The molecule has 154 valence electrons. The smallest absolute Gasteiger partial charge is 0.336 e. The second-order valence-corrected chi connectivity index (χ2v) is 8.23. The van der Waals surface area contributed by atoms with Gasteiger partial charge in [0.1, 0.15) is 17.6 Å². The van der Waals surface area contributed by atoms with Gasteiger partial charge in [-0.1, -0.05) is 24.6 Å². The molecule has 2 unspecified atom stereocenters. The van der Waals surface area contributed by atoms with Crippen LogP contribution in [0.3, 0.4) is 0 Å². The van der Waals surface area contributed by atoms with Crippen molar-refractivity contribution < 1.29 is 19.1 Å². The largest absolute Gasteiger partial charge is 0.497 e. The molecule has 0 bridgehead atoms. The number of fused-ring (bicyclic) bond motifs is 1. The molecule has 1 saturated carbocycles. The van der Waals surface area contributed by atoms with Gasteiger partial charge in [-0.2, -0.15) is 0 Å². The quantitative estimate of drug-likeness (QED) is 0.766. The average Bonchev–Trinajstić information content (AvgIpc) is 2.73. The maximum absolute atomic E-state index is 13.3. The highest BCUT2D eigenvalue weighted by Gasteiger charge is 2.43. The van der Waals surface area contributed by atoms with Gasteiger partial charge < -0.3 is 14.8 Å². The van der Waals surface area contributed by atoms with E-state index in [0.717, 1.165) is 49.1 Å². The van der Waals surface area contributed by atoms with Gasteiger partial charge in [-0.3, -0.25) is 4.79 Å². The predicted octanol–water partition coefficient (Wildman–Crippen LogP) is 4.39. The summed E-state index contributed by atoms with van der Waals surface area (Å²) in [5.41, 5.74) is 3.16. The van der Waals surface area contributed by atoms with Crippen LogP contribution in [-0.2, 0) is 14.3 Å². The summed E-state index contributed by atoms with van der Waals surface area (Å²) in [5.74, 6) is -0.159. The van der Waals surface area contributed by atoms with Gasteiger partial charge in [0.2, 0.25) is 0 Å². The Morgan fingerprint density at radius 3 is 2.69 bits per heavy atom. The van der Waals surface area contributed by atoms with E-state index >= 15 is 0 Å². The van der Waals surface area contributed by atoms with Crippen LogP contribution in [-0.4, -0.2) is 25.0 Å². The molecule has 5 heteroatoms. The fraction of sp³-hybridized carbons (Fsp3) is 0.500. The van der Waals surface area contributed by atoms with Gasteiger partial charge in [0.05, 0.1) is 18.6 Å². The molecule has 4 rings (SSSR count). The first-order chi connectivity index (χ1) is 14.1. The number of ether oxygens (including phenoxy) is 2. The first kappa shape index (κ1) is 19.7. The minimum absolute atomic E-state index is 0.0264. The molecule has 1 fully saturated rings. The van der Waals surface area contributed by atoms with Crippen LogP contribution >= 0.6 is 0 Å². The molecule has 1 aliphatic heterocycles. The standard InChI is InChI=1S/C24H29NO4/c1-15-21(24(27)29-17-9-4-3-5-10-17)22(16-8-6-11-18(14-16)28-2)23-19(25-15)12-7-13-20(23)26/h6,8,11-12,14,17,22-23,25H,3-5,7,9-10,13H2,1-2H3. The van der Waals surface area contributed by atoms with E-state index in [2.05, 4.69) is 11.4 Å². The van der Waals surface area contributed by atoms with Gasteiger partial charge in [-0.25, -0.2) is 4.79 Å². The summed E-state index contributed by atoms with van der Waals surface area (Å²) in [7, 11) is 1.62. The van der Waals surface area contributed by atoms with Gasteiger partial charge in [0.15, 0.2) is 0 Å². The van der Waals surface area contributed by atoms with E-state index in [1.807, 2.05) is 31.2 Å². The van der Waals surface area contributed by atoms with Gasteiger partial charge >= 0.3 is 5.97 Å². The van der Waals surface area contributed by atoms with E-state index in [1.165, 1.54) is 6.42 Å². The maximum Gasteiger partial charge on any atom is 0.336 e. The van der Waals surface area contributed by atoms with Gasteiger partial charge in [0, 0.05) is 23.7 Å². The van der Waals surface area contributed by atoms with Crippen LogP contribution in [0.4, 0.5) is 0 Å². The highest BCUT2D eigenvalue weighted by Crippen LogP contribution is 2.44. The van der Waals surface area contributed by atoms with Gasteiger partial charge in [-0.15, -0.1) is 0 Å². The number of carbonyl (C=O) groups excluding carboxylic acids is 2. The lowest BCUT2D eigenvalue weighted by Gasteiger charge is -2.38. The van der Waals surface area contributed by atoms with E-state index < -0.39 is 0 Å². The number of rotatable bonds is 4. The zero-order valence-corrected chi connectivity index (χ0v) is 17.2. The van der Waals surface area contributed by atoms with Crippen molar-refractivity contribution in [1.82, 2.24) is 5.32 Å². The Morgan fingerprint density at radius 1 is 1.14 bits per heavy atom. The average molecular weight is 395 g/mol. The van der Waals surface area contributed by atoms with Crippen molar-refractivity contribution in [2.45, 2.75) is 63.9 Å². The van der Waals surface area contributed by atoms with Crippen molar-refractivity contribution in [2.75, 3.05) is 7.11 Å². The Morgan fingerprint density at radius 2 is 1.93 bits per heavy atom. The van der Waals surface area contributed by atoms with Crippen molar-refractivity contribution in [3.05, 3.63) is 52.9 Å². The third kappa shape index (κ3) is 3.96. The summed E-state index contributed by atoms with van der Waals surface area (Å²) in [4.78, 5) is 26.3. The number of ketones is 1. The lowest BCUT2D eigenvalue weighted by Crippen LogP contribution is -2.41. The number of esters is 1. The lowest BCUT2D eigenvalue weighted by molar-refractivity contribution is -0.146. The van der Waals surface area contributed by atoms with Gasteiger partial charge in [-0.05, 0) is 56.7 Å². The summed E-state index contributed by atoms with van der Waals surface area (Å²) in [6.07, 6.45) is 8.54. The highest BCUT2D eigenvalue weighted by molar-refractivity contribution is 5.96. The Kier molecular flexibility index (Phi) is 5.74. The number of nitrogens with one attached hydrogen (secondary N) is 1. The van der Waals surface area contributed by atoms with Crippen LogP contribution in [0.1, 0.15) is 63.4 Å².